The summed E-state index contributed by atoms with van der Waals surface area (Å²) in [6.45, 7) is 4.69. The predicted octanol–water partition coefficient (Wildman–Crippen LogP) is 1.52. The van der Waals surface area contributed by atoms with Crippen molar-refractivity contribution in [1.29, 1.82) is 0 Å². The predicted molar refractivity (Wildman–Crippen MR) is 56.6 cm³/mol. The summed E-state index contributed by atoms with van der Waals surface area (Å²) in [5.41, 5.74) is 0. The molecule has 1 aromatic heterocycles. The number of rotatable bonds is 3. The standard InChI is InChI=1S/C10H14N2OS/c1-8(10-11-3-5-14-10)6-12-4-2-9(13)7-12/h3,5,8H,2,4,6-7H2,1H3. The summed E-state index contributed by atoms with van der Waals surface area (Å²) in [6.07, 6.45) is 2.57. The summed E-state index contributed by atoms with van der Waals surface area (Å²) in [7, 11) is 0. The smallest absolute Gasteiger partial charge is 0.148 e. The van der Waals surface area contributed by atoms with E-state index in [9.17, 15) is 4.79 Å². The van der Waals surface area contributed by atoms with E-state index in [0.717, 1.165) is 19.5 Å². The first-order valence-electron chi connectivity index (χ1n) is 4.89. The quantitative estimate of drug-likeness (QED) is 0.758. The van der Waals surface area contributed by atoms with Crippen LogP contribution in [0.1, 0.15) is 24.3 Å². The number of carbonyl (C=O) groups excluding carboxylic acids is 1. The molecule has 1 fully saturated rings. The van der Waals surface area contributed by atoms with Gasteiger partial charge in [-0.25, -0.2) is 4.98 Å². The van der Waals surface area contributed by atoms with Crippen molar-refractivity contribution in [2.75, 3.05) is 19.6 Å². The number of carbonyl (C=O) groups is 1. The number of hydrogen-bond donors (Lipinski definition) is 0. The summed E-state index contributed by atoms with van der Waals surface area (Å²) in [5.74, 6) is 0.817. The lowest BCUT2D eigenvalue weighted by Gasteiger charge is -2.17. The summed E-state index contributed by atoms with van der Waals surface area (Å²) < 4.78 is 0. The molecule has 1 aromatic rings. The highest BCUT2D eigenvalue weighted by Crippen LogP contribution is 2.20. The van der Waals surface area contributed by atoms with Crippen molar-refractivity contribution in [3.05, 3.63) is 16.6 Å². The van der Waals surface area contributed by atoms with Gasteiger partial charge < -0.3 is 0 Å². The molecule has 14 heavy (non-hydrogen) atoms. The molecular formula is C10H14N2OS. The number of aromatic nitrogens is 1. The van der Waals surface area contributed by atoms with Gasteiger partial charge in [0.2, 0.25) is 0 Å². The zero-order valence-electron chi connectivity index (χ0n) is 8.27. The van der Waals surface area contributed by atoms with Crippen LogP contribution in [0, 0.1) is 0 Å². The van der Waals surface area contributed by atoms with Crippen molar-refractivity contribution in [1.82, 2.24) is 9.88 Å². The van der Waals surface area contributed by atoms with Crippen LogP contribution in [-0.4, -0.2) is 35.3 Å². The second-order valence-corrected chi connectivity index (χ2v) is 4.72. The minimum atomic E-state index is 0.372. The topological polar surface area (TPSA) is 33.2 Å². The Labute approximate surface area is 87.8 Å². The average molecular weight is 210 g/mol. The van der Waals surface area contributed by atoms with Gasteiger partial charge in [-0.2, -0.15) is 0 Å². The average Bonchev–Trinajstić information content (AvgIpc) is 2.75. The van der Waals surface area contributed by atoms with Crippen LogP contribution in [0.4, 0.5) is 0 Å². The van der Waals surface area contributed by atoms with E-state index in [4.69, 9.17) is 0 Å². The maximum Gasteiger partial charge on any atom is 0.148 e. The Morgan fingerprint density at radius 1 is 1.71 bits per heavy atom. The molecule has 2 rings (SSSR count). The first-order chi connectivity index (χ1) is 6.75. The van der Waals surface area contributed by atoms with Crippen LogP contribution in [0.25, 0.3) is 0 Å². The van der Waals surface area contributed by atoms with E-state index in [2.05, 4.69) is 16.8 Å². The van der Waals surface area contributed by atoms with Gasteiger partial charge in [-0.3, -0.25) is 9.69 Å². The lowest BCUT2D eigenvalue weighted by molar-refractivity contribution is -0.116. The molecule has 0 aliphatic carbocycles. The summed E-state index contributed by atoms with van der Waals surface area (Å²) in [5, 5.41) is 3.17. The molecule has 0 amide bonds. The van der Waals surface area contributed by atoms with E-state index in [1.54, 1.807) is 11.3 Å². The molecule has 1 aliphatic rings. The summed E-state index contributed by atoms with van der Waals surface area (Å²) in [4.78, 5) is 17.6. The molecule has 2 heterocycles. The van der Waals surface area contributed by atoms with E-state index in [1.165, 1.54) is 5.01 Å². The fourth-order valence-corrected chi connectivity index (χ4v) is 2.48. The normalized spacial score (nSPS) is 20.2. The highest BCUT2D eigenvalue weighted by Gasteiger charge is 2.21. The Kier molecular flexibility index (Phi) is 2.93. The number of likely N-dealkylation sites (tertiary alicyclic amines) is 1. The van der Waals surface area contributed by atoms with Crippen molar-refractivity contribution >= 4 is 17.1 Å². The van der Waals surface area contributed by atoms with E-state index >= 15 is 0 Å². The first kappa shape index (κ1) is 9.80. The number of Topliss-reactive ketones (excluding diaryl/α,β-unsaturated/α-hetero) is 1. The molecular weight excluding hydrogens is 196 g/mol. The van der Waals surface area contributed by atoms with E-state index in [1.807, 2.05) is 11.6 Å². The van der Waals surface area contributed by atoms with Gasteiger partial charge in [0.15, 0.2) is 0 Å². The maximum absolute atomic E-state index is 11.1. The third-order valence-corrected chi connectivity index (χ3v) is 3.52. The van der Waals surface area contributed by atoms with Crippen LogP contribution in [0.15, 0.2) is 11.6 Å². The van der Waals surface area contributed by atoms with Gasteiger partial charge >= 0.3 is 0 Å². The van der Waals surface area contributed by atoms with Crippen molar-refractivity contribution in [3.8, 4) is 0 Å². The van der Waals surface area contributed by atoms with Crippen LogP contribution in [0.5, 0.6) is 0 Å². The largest absolute Gasteiger partial charge is 0.298 e. The van der Waals surface area contributed by atoms with Crippen LogP contribution in [-0.2, 0) is 4.79 Å². The SMILES string of the molecule is CC(CN1CCC(=O)C1)c1nccs1. The first-order valence-corrected chi connectivity index (χ1v) is 5.77. The van der Waals surface area contributed by atoms with Crippen LogP contribution in [0.3, 0.4) is 0 Å². The van der Waals surface area contributed by atoms with Crippen molar-refractivity contribution < 1.29 is 4.79 Å². The minimum Gasteiger partial charge on any atom is -0.298 e. The van der Waals surface area contributed by atoms with Crippen molar-refractivity contribution in [3.63, 3.8) is 0 Å². The van der Waals surface area contributed by atoms with E-state index in [0.29, 0.717) is 18.2 Å². The minimum absolute atomic E-state index is 0.372. The van der Waals surface area contributed by atoms with E-state index < -0.39 is 0 Å². The molecule has 3 nitrogen and oxygen atoms in total. The molecule has 1 aliphatic heterocycles. The van der Waals surface area contributed by atoms with Gasteiger partial charge in [-0.05, 0) is 0 Å². The van der Waals surface area contributed by atoms with Crippen molar-refractivity contribution in [2.24, 2.45) is 0 Å². The molecule has 1 atom stereocenters. The number of ketones is 1. The van der Waals surface area contributed by atoms with Gasteiger partial charge in [-0.15, -0.1) is 11.3 Å². The van der Waals surface area contributed by atoms with Crippen molar-refractivity contribution in [2.45, 2.75) is 19.3 Å². The van der Waals surface area contributed by atoms with E-state index in [-0.39, 0.29) is 0 Å². The second kappa shape index (κ2) is 4.19. The molecule has 0 bridgehead atoms. The number of hydrogen-bond acceptors (Lipinski definition) is 4. The Bertz CT molecular complexity index is 310. The third kappa shape index (κ3) is 2.19. The second-order valence-electron chi connectivity index (χ2n) is 3.80. The highest BCUT2D eigenvalue weighted by molar-refractivity contribution is 7.09. The lowest BCUT2D eigenvalue weighted by atomic mass is 10.2. The Balaban J connectivity index is 1.89. The van der Waals surface area contributed by atoms with Crippen LogP contribution in [0.2, 0.25) is 0 Å². The summed E-state index contributed by atoms with van der Waals surface area (Å²) >= 11 is 1.69. The summed E-state index contributed by atoms with van der Waals surface area (Å²) in [6, 6.07) is 0. The molecule has 76 valence electrons. The fourth-order valence-electron chi connectivity index (χ4n) is 1.79. The molecule has 1 saturated heterocycles. The maximum atomic E-state index is 11.1. The molecule has 1 unspecified atom stereocenters. The zero-order chi connectivity index (χ0) is 9.97. The number of thiazole rings is 1. The number of nitrogens with zero attached hydrogens (tertiary/aromatic N) is 2. The van der Waals surface area contributed by atoms with Crippen LogP contribution >= 0.6 is 11.3 Å². The Hall–Kier alpha value is -0.740. The zero-order valence-corrected chi connectivity index (χ0v) is 9.09. The molecule has 0 saturated carbocycles. The van der Waals surface area contributed by atoms with Crippen LogP contribution < -0.4 is 0 Å². The van der Waals surface area contributed by atoms with Gasteiger partial charge in [0.05, 0.1) is 11.6 Å². The molecule has 0 radical (unpaired) electrons. The van der Waals surface area contributed by atoms with Gasteiger partial charge in [0, 0.05) is 37.0 Å². The van der Waals surface area contributed by atoms with Gasteiger partial charge in [-0.1, -0.05) is 6.92 Å². The monoisotopic (exact) mass is 210 g/mol. The fraction of sp³-hybridized carbons (Fsp3) is 0.600. The molecule has 0 spiro atoms. The molecule has 0 N–H and O–H groups in total. The molecule has 0 aromatic carbocycles. The Morgan fingerprint density at radius 2 is 2.57 bits per heavy atom. The molecule has 4 heteroatoms. The van der Waals surface area contributed by atoms with Gasteiger partial charge in [0.25, 0.3) is 0 Å². The highest BCUT2D eigenvalue weighted by atomic mass is 32.1. The third-order valence-electron chi connectivity index (χ3n) is 2.51. The Morgan fingerprint density at radius 3 is 3.14 bits per heavy atom. The lowest BCUT2D eigenvalue weighted by Crippen LogP contribution is -2.25. The van der Waals surface area contributed by atoms with Gasteiger partial charge in [0.1, 0.15) is 5.78 Å².